The van der Waals surface area contributed by atoms with E-state index >= 15 is 0 Å². The van der Waals surface area contributed by atoms with Gasteiger partial charge in [-0.2, -0.15) is 0 Å². The highest BCUT2D eigenvalue weighted by atomic mass is 19.1. The van der Waals surface area contributed by atoms with Gasteiger partial charge >= 0.3 is 0 Å². The van der Waals surface area contributed by atoms with E-state index in [1.165, 1.54) is 6.07 Å². The third-order valence-corrected chi connectivity index (χ3v) is 3.49. The van der Waals surface area contributed by atoms with Gasteiger partial charge in [-0.1, -0.05) is 48.5 Å². The van der Waals surface area contributed by atoms with E-state index < -0.39 is 0 Å². The van der Waals surface area contributed by atoms with Crippen LogP contribution in [0.4, 0.5) is 4.39 Å². The van der Waals surface area contributed by atoms with Crippen LogP contribution in [0.1, 0.15) is 24.1 Å². The number of likely N-dealkylation sites (N-methyl/N-ethyl adjacent to an activating group) is 1. The molecule has 2 rings (SSSR count). The highest BCUT2D eigenvalue weighted by Crippen LogP contribution is 2.11. The van der Waals surface area contributed by atoms with Crippen molar-refractivity contribution in [2.75, 3.05) is 13.6 Å². The maximum Gasteiger partial charge on any atom is 0.234 e. The summed E-state index contributed by atoms with van der Waals surface area (Å²) in [5, 5.41) is 2.95. The molecule has 4 heteroatoms. The van der Waals surface area contributed by atoms with Crippen LogP contribution < -0.4 is 5.32 Å². The summed E-state index contributed by atoms with van der Waals surface area (Å²) in [5.74, 6) is -0.317. The van der Waals surface area contributed by atoms with E-state index in [4.69, 9.17) is 0 Å². The fraction of sp³-hybridized carbons (Fsp3) is 0.278. The lowest BCUT2D eigenvalue weighted by Gasteiger charge is -2.19. The summed E-state index contributed by atoms with van der Waals surface area (Å²) in [5.41, 5.74) is 1.65. The minimum Gasteiger partial charge on any atom is -0.348 e. The third-order valence-electron chi connectivity index (χ3n) is 3.49. The van der Waals surface area contributed by atoms with Crippen molar-refractivity contribution < 1.29 is 9.18 Å². The molecule has 1 atom stereocenters. The number of amides is 1. The molecule has 0 aliphatic heterocycles. The molecule has 3 nitrogen and oxygen atoms in total. The van der Waals surface area contributed by atoms with Crippen molar-refractivity contribution in [2.24, 2.45) is 0 Å². The Morgan fingerprint density at radius 2 is 1.77 bits per heavy atom. The Morgan fingerprint density at radius 1 is 1.14 bits per heavy atom. The topological polar surface area (TPSA) is 32.3 Å². The fourth-order valence-electron chi connectivity index (χ4n) is 2.33. The number of carbonyl (C=O) groups excluding carboxylic acids is 1. The zero-order chi connectivity index (χ0) is 15.9. The summed E-state index contributed by atoms with van der Waals surface area (Å²) in [6.45, 7) is 2.58. The summed E-state index contributed by atoms with van der Waals surface area (Å²) in [6.07, 6.45) is 0. The van der Waals surface area contributed by atoms with Crippen LogP contribution in [0.25, 0.3) is 0 Å². The Bertz CT molecular complexity index is 615. The largest absolute Gasteiger partial charge is 0.348 e. The molecular formula is C18H21FN2O. The molecule has 0 fully saturated rings. The van der Waals surface area contributed by atoms with Gasteiger partial charge in [0.1, 0.15) is 5.82 Å². The second-order valence-electron chi connectivity index (χ2n) is 5.46. The molecule has 2 aromatic carbocycles. The minimum absolute atomic E-state index is 0.0458. The molecule has 0 bridgehead atoms. The van der Waals surface area contributed by atoms with Crippen LogP contribution in [0, 0.1) is 5.82 Å². The van der Waals surface area contributed by atoms with Crippen molar-refractivity contribution in [2.45, 2.75) is 19.5 Å². The van der Waals surface area contributed by atoms with Crippen molar-refractivity contribution in [3.8, 4) is 0 Å². The van der Waals surface area contributed by atoms with Crippen LogP contribution in [0.2, 0.25) is 0 Å². The number of benzene rings is 2. The molecule has 0 aliphatic carbocycles. The Balaban J connectivity index is 1.85. The Hall–Kier alpha value is -2.20. The minimum atomic E-state index is -0.243. The van der Waals surface area contributed by atoms with Gasteiger partial charge in [0.25, 0.3) is 0 Å². The average molecular weight is 300 g/mol. The van der Waals surface area contributed by atoms with Crippen LogP contribution in [-0.4, -0.2) is 24.4 Å². The zero-order valence-corrected chi connectivity index (χ0v) is 12.9. The SMILES string of the molecule is C[C@@H](NC(=O)CN(C)Cc1ccccc1F)c1ccccc1. The van der Waals surface area contributed by atoms with Crippen LogP contribution in [0.5, 0.6) is 0 Å². The Kier molecular flexibility index (Phi) is 5.67. The predicted molar refractivity (Wildman–Crippen MR) is 85.7 cm³/mol. The predicted octanol–water partition coefficient (Wildman–Crippen LogP) is 3.13. The first-order valence-corrected chi connectivity index (χ1v) is 7.32. The molecule has 0 saturated heterocycles. The van der Waals surface area contributed by atoms with E-state index in [2.05, 4.69) is 5.32 Å². The highest BCUT2D eigenvalue weighted by Gasteiger charge is 2.12. The van der Waals surface area contributed by atoms with E-state index in [0.717, 1.165) is 5.56 Å². The molecule has 22 heavy (non-hydrogen) atoms. The number of hydrogen-bond donors (Lipinski definition) is 1. The van der Waals surface area contributed by atoms with Crippen LogP contribution in [-0.2, 0) is 11.3 Å². The summed E-state index contributed by atoms with van der Waals surface area (Å²) in [6, 6.07) is 16.4. The van der Waals surface area contributed by atoms with Crippen LogP contribution in [0.15, 0.2) is 54.6 Å². The van der Waals surface area contributed by atoms with Gasteiger partial charge in [-0.15, -0.1) is 0 Å². The quantitative estimate of drug-likeness (QED) is 0.889. The number of hydrogen-bond acceptors (Lipinski definition) is 2. The number of nitrogens with zero attached hydrogens (tertiary/aromatic N) is 1. The maximum absolute atomic E-state index is 13.6. The molecule has 0 radical (unpaired) electrons. The smallest absolute Gasteiger partial charge is 0.234 e. The first kappa shape index (κ1) is 16.2. The highest BCUT2D eigenvalue weighted by molar-refractivity contribution is 5.78. The van der Waals surface area contributed by atoms with E-state index in [0.29, 0.717) is 12.1 Å². The maximum atomic E-state index is 13.6. The fourth-order valence-corrected chi connectivity index (χ4v) is 2.33. The Labute approximate surface area is 130 Å². The number of halogens is 1. The van der Waals surface area contributed by atoms with Crippen LogP contribution >= 0.6 is 0 Å². The van der Waals surface area contributed by atoms with E-state index in [9.17, 15) is 9.18 Å². The number of carbonyl (C=O) groups is 1. The summed E-state index contributed by atoms with van der Waals surface area (Å²) < 4.78 is 13.6. The van der Waals surface area contributed by atoms with Crippen molar-refractivity contribution in [3.63, 3.8) is 0 Å². The van der Waals surface area contributed by atoms with Gasteiger partial charge in [-0.05, 0) is 25.6 Å². The molecular weight excluding hydrogens is 279 g/mol. The van der Waals surface area contributed by atoms with Gasteiger partial charge in [-0.3, -0.25) is 9.69 Å². The van der Waals surface area contributed by atoms with Gasteiger partial charge in [0.15, 0.2) is 0 Å². The van der Waals surface area contributed by atoms with E-state index in [1.807, 2.05) is 37.3 Å². The van der Waals surface area contributed by atoms with Gasteiger partial charge in [-0.25, -0.2) is 4.39 Å². The van der Waals surface area contributed by atoms with Gasteiger partial charge in [0.2, 0.25) is 5.91 Å². The lowest BCUT2D eigenvalue weighted by atomic mass is 10.1. The van der Waals surface area contributed by atoms with Gasteiger partial charge < -0.3 is 5.32 Å². The lowest BCUT2D eigenvalue weighted by molar-refractivity contribution is -0.122. The lowest BCUT2D eigenvalue weighted by Crippen LogP contribution is -2.36. The first-order valence-electron chi connectivity index (χ1n) is 7.32. The second kappa shape index (κ2) is 7.71. The molecule has 0 aromatic heterocycles. The molecule has 1 N–H and O–H groups in total. The standard InChI is InChI=1S/C18H21FN2O/c1-14(15-8-4-3-5-9-15)20-18(22)13-21(2)12-16-10-6-7-11-17(16)19/h3-11,14H,12-13H2,1-2H3,(H,20,22)/t14-/m1/s1. The molecule has 2 aromatic rings. The van der Waals surface area contributed by atoms with Crippen molar-refractivity contribution in [3.05, 3.63) is 71.5 Å². The van der Waals surface area contributed by atoms with E-state index in [-0.39, 0.29) is 24.3 Å². The normalized spacial score (nSPS) is 12.2. The summed E-state index contributed by atoms with van der Waals surface area (Å²) in [4.78, 5) is 13.9. The van der Waals surface area contributed by atoms with Crippen LogP contribution in [0.3, 0.4) is 0 Å². The molecule has 0 aliphatic rings. The monoisotopic (exact) mass is 300 g/mol. The van der Waals surface area contributed by atoms with Crippen molar-refractivity contribution in [1.82, 2.24) is 10.2 Å². The third kappa shape index (κ3) is 4.67. The second-order valence-corrected chi connectivity index (χ2v) is 5.46. The molecule has 0 saturated carbocycles. The van der Waals surface area contributed by atoms with Gasteiger partial charge in [0.05, 0.1) is 12.6 Å². The van der Waals surface area contributed by atoms with E-state index in [1.54, 1.807) is 30.1 Å². The molecule has 0 spiro atoms. The van der Waals surface area contributed by atoms with Gasteiger partial charge in [0, 0.05) is 12.1 Å². The number of rotatable bonds is 6. The molecule has 116 valence electrons. The number of nitrogens with one attached hydrogen (secondary N) is 1. The molecule has 1 amide bonds. The first-order chi connectivity index (χ1) is 10.6. The average Bonchev–Trinajstić information content (AvgIpc) is 2.50. The summed E-state index contributed by atoms with van der Waals surface area (Å²) >= 11 is 0. The summed E-state index contributed by atoms with van der Waals surface area (Å²) in [7, 11) is 1.80. The zero-order valence-electron chi connectivity index (χ0n) is 12.9. The molecule has 0 heterocycles. The molecule has 0 unspecified atom stereocenters. The van der Waals surface area contributed by atoms with Crippen molar-refractivity contribution >= 4 is 5.91 Å². The Morgan fingerprint density at radius 3 is 2.45 bits per heavy atom. The van der Waals surface area contributed by atoms with Crippen molar-refractivity contribution in [1.29, 1.82) is 0 Å².